The third-order valence-corrected chi connectivity index (χ3v) is 7.89. The molecule has 0 saturated carbocycles. The van der Waals surface area contributed by atoms with Crippen molar-refractivity contribution >= 4 is 18.4 Å². The lowest BCUT2D eigenvalue weighted by Crippen LogP contribution is -2.45. The van der Waals surface area contributed by atoms with Crippen LogP contribution in [0.25, 0.3) is 0 Å². The van der Waals surface area contributed by atoms with E-state index in [-0.39, 0.29) is 19.6 Å². The molecule has 0 spiro atoms. The predicted molar refractivity (Wildman–Crippen MR) is 107 cm³/mol. The molecule has 0 fully saturated rings. The van der Waals surface area contributed by atoms with Crippen LogP contribution >= 0.6 is 7.60 Å². The van der Waals surface area contributed by atoms with E-state index in [0.29, 0.717) is 4.90 Å². The number of alkyl halides is 2. The molecule has 1 unspecified atom stereocenters. The van der Waals surface area contributed by atoms with Crippen LogP contribution in [-0.4, -0.2) is 39.5 Å². The van der Waals surface area contributed by atoms with Gasteiger partial charge in [0.15, 0.2) is 0 Å². The Morgan fingerprint density at radius 2 is 1.71 bits per heavy atom. The molecule has 3 atom stereocenters. The Morgan fingerprint density at radius 3 is 2.14 bits per heavy atom. The maximum Gasteiger partial charge on any atom is 0.402 e. The van der Waals surface area contributed by atoms with Gasteiger partial charge in [0.1, 0.15) is 6.10 Å². The van der Waals surface area contributed by atoms with Crippen molar-refractivity contribution in [3.8, 4) is 0 Å². The SMILES string of the molecule is CCOP(=O)(OCC)C(F)(F)[C@H](O)[C@H](CC=C(C)C)S(=O)c1ccc(C)cc1. The number of hydrogen-bond acceptors (Lipinski definition) is 5. The molecule has 0 saturated heterocycles. The average molecular weight is 438 g/mol. The molecule has 0 aliphatic rings. The van der Waals surface area contributed by atoms with Gasteiger partial charge in [0.2, 0.25) is 0 Å². The summed E-state index contributed by atoms with van der Waals surface area (Å²) in [5.41, 5.74) is -2.48. The minimum Gasteiger partial charge on any atom is -0.385 e. The summed E-state index contributed by atoms with van der Waals surface area (Å²) in [7, 11) is -6.93. The normalized spacial score (nSPS) is 15.7. The zero-order chi connectivity index (χ0) is 21.5. The molecule has 0 aromatic heterocycles. The standard InChI is InChI=1S/C19H29F2O5PS/c1-6-25-27(23,26-7-2)19(20,21)18(22)17(13-8-14(3)4)28(24)16-11-9-15(5)10-12-16/h8-12,17-18,22H,6-7,13H2,1-5H3/t17-,18+,28?/m0/s1. The second kappa shape index (κ2) is 10.7. The van der Waals surface area contributed by atoms with E-state index < -0.39 is 35.4 Å². The molecule has 0 radical (unpaired) electrons. The van der Waals surface area contributed by atoms with Crippen LogP contribution in [0.4, 0.5) is 8.78 Å². The second-order valence-corrected chi connectivity index (χ2v) is 10.3. The lowest BCUT2D eigenvalue weighted by Gasteiger charge is -2.32. The Hall–Kier alpha value is -0.920. The van der Waals surface area contributed by atoms with Crippen LogP contribution < -0.4 is 0 Å². The maximum atomic E-state index is 15.0. The number of allylic oxidation sites excluding steroid dienone is 2. The number of aryl methyl sites for hydroxylation is 1. The molecule has 9 heteroatoms. The van der Waals surface area contributed by atoms with Gasteiger partial charge < -0.3 is 14.2 Å². The number of aliphatic hydroxyl groups excluding tert-OH is 1. The second-order valence-electron chi connectivity index (χ2n) is 6.53. The van der Waals surface area contributed by atoms with E-state index in [0.717, 1.165) is 11.1 Å². The molecular formula is C19H29F2O5PS. The first-order valence-electron chi connectivity index (χ1n) is 9.05. The van der Waals surface area contributed by atoms with Crippen LogP contribution in [0.3, 0.4) is 0 Å². The number of benzene rings is 1. The lowest BCUT2D eigenvalue weighted by atomic mass is 10.1. The smallest absolute Gasteiger partial charge is 0.385 e. The molecule has 0 amide bonds. The first-order chi connectivity index (χ1) is 13.0. The van der Waals surface area contributed by atoms with Crippen LogP contribution in [0.2, 0.25) is 0 Å². The van der Waals surface area contributed by atoms with Gasteiger partial charge in [-0.1, -0.05) is 29.3 Å². The van der Waals surface area contributed by atoms with Crippen LogP contribution in [0, 0.1) is 6.92 Å². The van der Waals surface area contributed by atoms with Gasteiger partial charge >= 0.3 is 13.3 Å². The summed E-state index contributed by atoms with van der Waals surface area (Å²) < 4.78 is 65.2. The molecule has 0 heterocycles. The molecule has 160 valence electrons. The molecule has 1 aromatic carbocycles. The first-order valence-corrected chi connectivity index (χ1v) is 11.8. The number of halogens is 2. The number of rotatable bonds is 11. The molecule has 28 heavy (non-hydrogen) atoms. The third-order valence-electron chi connectivity index (χ3n) is 3.96. The fraction of sp³-hybridized carbons (Fsp3) is 0.579. The Kier molecular flexibility index (Phi) is 9.64. The van der Waals surface area contributed by atoms with Crippen molar-refractivity contribution in [1.29, 1.82) is 0 Å². The highest BCUT2D eigenvalue weighted by Crippen LogP contribution is 2.64. The minimum atomic E-state index is -4.96. The first kappa shape index (κ1) is 25.1. The molecular weight excluding hydrogens is 409 g/mol. The van der Waals surface area contributed by atoms with Gasteiger partial charge in [-0.15, -0.1) is 0 Å². The molecule has 0 aliphatic heterocycles. The molecule has 5 nitrogen and oxygen atoms in total. The fourth-order valence-electron chi connectivity index (χ4n) is 2.47. The van der Waals surface area contributed by atoms with E-state index in [1.165, 1.54) is 13.8 Å². The van der Waals surface area contributed by atoms with Crippen molar-refractivity contribution in [2.45, 2.75) is 63.0 Å². The topological polar surface area (TPSA) is 72.8 Å². The van der Waals surface area contributed by atoms with Gasteiger partial charge in [-0.3, -0.25) is 8.77 Å². The predicted octanol–water partition coefficient (Wildman–Crippen LogP) is 5.05. The van der Waals surface area contributed by atoms with Crippen molar-refractivity contribution in [2.24, 2.45) is 0 Å². The van der Waals surface area contributed by atoms with Crippen LogP contribution in [0.5, 0.6) is 0 Å². The number of hydrogen-bond donors (Lipinski definition) is 1. The van der Waals surface area contributed by atoms with Gasteiger partial charge in [0.05, 0.1) is 29.3 Å². The van der Waals surface area contributed by atoms with Crippen molar-refractivity contribution in [3.05, 3.63) is 41.5 Å². The van der Waals surface area contributed by atoms with Gasteiger partial charge in [0.25, 0.3) is 0 Å². The highest BCUT2D eigenvalue weighted by Gasteiger charge is 2.61. The minimum absolute atomic E-state index is 0.0855. The zero-order valence-electron chi connectivity index (χ0n) is 16.9. The van der Waals surface area contributed by atoms with E-state index in [4.69, 9.17) is 9.05 Å². The van der Waals surface area contributed by atoms with Gasteiger partial charge in [-0.2, -0.15) is 8.78 Å². The van der Waals surface area contributed by atoms with Crippen molar-refractivity contribution in [1.82, 2.24) is 0 Å². The summed E-state index contributed by atoms with van der Waals surface area (Å²) in [6.07, 6.45) is -0.964. The summed E-state index contributed by atoms with van der Waals surface area (Å²) >= 11 is 0. The highest BCUT2D eigenvalue weighted by molar-refractivity contribution is 7.85. The lowest BCUT2D eigenvalue weighted by molar-refractivity contribution is -0.0659. The van der Waals surface area contributed by atoms with Crippen molar-refractivity contribution in [3.63, 3.8) is 0 Å². The zero-order valence-corrected chi connectivity index (χ0v) is 18.6. The van der Waals surface area contributed by atoms with Gasteiger partial charge in [-0.05, 0) is 53.2 Å². The molecule has 1 aromatic rings. The summed E-state index contributed by atoms with van der Waals surface area (Å²) in [5, 5.41) is 9.12. The van der Waals surface area contributed by atoms with Crippen LogP contribution in [0.1, 0.15) is 39.7 Å². The molecule has 1 rings (SSSR count). The average Bonchev–Trinajstić information content (AvgIpc) is 2.62. The Balaban J connectivity index is 3.34. The Labute approximate surface area is 168 Å². The summed E-state index contributed by atoms with van der Waals surface area (Å²) in [5.74, 6) is 0. The van der Waals surface area contributed by atoms with E-state index in [1.54, 1.807) is 44.2 Å². The summed E-state index contributed by atoms with van der Waals surface area (Å²) in [6.45, 7) is 7.62. The highest BCUT2D eigenvalue weighted by atomic mass is 32.2. The molecule has 1 N–H and O–H groups in total. The van der Waals surface area contributed by atoms with E-state index >= 15 is 8.78 Å². The maximum absolute atomic E-state index is 15.0. The quantitative estimate of drug-likeness (QED) is 0.387. The van der Waals surface area contributed by atoms with E-state index in [1.807, 2.05) is 6.92 Å². The van der Waals surface area contributed by atoms with Crippen molar-refractivity contribution < 1.29 is 31.7 Å². The van der Waals surface area contributed by atoms with E-state index in [2.05, 4.69) is 0 Å². The monoisotopic (exact) mass is 438 g/mol. The Morgan fingerprint density at radius 1 is 1.21 bits per heavy atom. The summed E-state index contributed by atoms with van der Waals surface area (Å²) in [6, 6.07) is 6.55. The van der Waals surface area contributed by atoms with Crippen LogP contribution in [-0.2, 0) is 24.4 Å². The van der Waals surface area contributed by atoms with E-state index in [9.17, 15) is 13.9 Å². The van der Waals surface area contributed by atoms with Crippen LogP contribution in [0.15, 0.2) is 40.8 Å². The Bertz CT molecular complexity index is 722. The number of aliphatic hydroxyl groups is 1. The molecule has 0 aliphatic carbocycles. The fourth-order valence-corrected chi connectivity index (χ4v) is 5.60. The van der Waals surface area contributed by atoms with Gasteiger partial charge in [-0.25, -0.2) is 0 Å². The molecule has 0 bridgehead atoms. The third kappa shape index (κ3) is 6.04. The van der Waals surface area contributed by atoms with Crippen molar-refractivity contribution in [2.75, 3.05) is 13.2 Å². The largest absolute Gasteiger partial charge is 0.402 e. The summed E-state index contributed by atoms with van der Waals surface area (Å²) in [4.78, 5) is 0.301. The van der Waals surface area contributed by atoms with Gasteiger partial charge in [0, 0.05) is 4.90 Å².